The van der Waals surface area contributed by atoms with E-state index >= 15 is 0 Å². The second-order valence-corrected chi connectivity index (χ2v) is 7.04. The smallest absolute Gasteiger partial charge is 0.409 e. The van der Waals surface area contributed by atoms with Gasteiger partial charge in [-0.1, -0.05) is 0 Å². The molecule has 0 spiro atoms. The van der Waals surface area contributed by atoms with Crippen LogP contribution in [0.3, 0.4) is 0 Å². The summed E-state index contributed by atoms with van der Waals surface area (Å²) in [4.78, 5) is 19.5. The van der Waals surface area contributed by atoms with E-state index in [-0.39, 0.29) is 11.8 Å². The van der Waals surface area contributed by atoms with Crippen molar-refractivity contribution in [3.8, 4) is 0 Å². The van der Waals surface area contributed by atoms with Crippen LogP contribution in [0.25, 0.3) is 0 Å². The van der Waals surface area contributed by atoms with Gasteiger partial charge in [-0.3, -0.25) is 4.99 Å². The fraction of sp³-hybridized carbons (Fsp3) is 0.846. The van der Waals surface area contributed by atoms with Crippen LogP contribution < -0.4 is 10.0 Å². The standard InChI is InChI=1S/C13H27N5O4S/c1-4-22-13(19)18-10-8-17(9-11-18)12(14-3)15-6-7-16-23(20,21)5-2/h16H,4-11H2,1-3H3,(H,14,15). The Bertz CT molecular complexity index is 500. The van der Waals surface area contributed by atoms with Gasteiger partial charge in [-0.25, -0.2) is 17.9 Å². The van der Waals surface area contributed by atoms with Crippen molar-refractivity contribution in [1.29, 1.82) is 0 Å². The van der Waals surface area contributed by atoms with Gasteiger partial charge in [0.1, 0.15) is 0 Å². The first kappa shape index (κ1) is 19.5. The van der Waals surface area contributed by atoms with Crippen molar-refractivity contribution in [2.24, 2.45) is 4.99 Å². The van der Waals surface area contributed by atoms with E-state index in [1.807, 2.05) is 4.90 Å². The molecular weight excluding hydrogens is 322 g/mol. The van der Waals surface area contributed by atoms with E-state index in [4.69, 9.17) is 4.74 Å². The number of hydrogen-bond acceptors (Lipinski definition) is 5. The first-order valence-electron chi connectivity index (χ1n) is 7.78. The van der Waals surface area contributed by atoms with Crippen LogP contribution >= 0.6 is 0 Å². The summed E-state index contributed by atoms with van der Waals surface area (Å²) < 4.78 is 30.2. The molecule has 1 fully saturated rings. The van der Waals surface area contributed by atoms with Gasteiger partial charge in [-0.2, -0.15) is 0 Å². The molecule has 0 aromatic rings. The van der Waals surface area contributed by atoms with E-state index in [1.54, 1.807) is 25.8 Å². The van der Waals surface area contributed by atoms with Crippen molar-refractivity contribution in [3.05, 3.63) is 0 Å². The van der Waals surface area contributed by atoms with E-state index in [2.05, 4.69) is 15.0 Å². The Balaban J connectivity index is 2.36. The lowest BCUT2D eigenvalue weighted by atomic mass is 10.3. The predicted octanol–water partition coefficient (Wildman–Crippen LogP) is -0.725. The minimum absolute atomic E-state index is 0.0670. The lowest BCUT2D eigenvalue weighted by molar-refractivity contribution is 0.0915. The molecule has 23 heavy (non-hydrogen) atoms. The first-order chi connectivity index (χ1) is 10.9. The fourth-order valence-electron chi connectivity index (χ4n) is 2.13. The van der Waals surface area contributed by atoms with E-state index in [0.717, 1.165) is 0 Å². The molecule has 0 saturated carbocycles. The maximum absolute atomic E-state index is 11.7. The van der Waals surface area contributed by atoms with E-state index in [9.17, 15) is 13.2 Å². The van der Waals surface area contributed by atoms with Crippen molar-refractivity contribution in [2.75, 3.05) is 58.7 Å². The molecule has 1 rings (SSSR count). The highest BCUT2D eigenvalue weighted by atomic mass is 32.2. The maximum atomic E-state index is 11.7. The van der Waals surface area contributed by atoms with Gasteiger partial charge in [0.05, 0.1) is 12.4 Å². The third-order valence-electron chi connectivity index (χ3n) is 3.43. The number of ether oxygens (including phenoxy) is 1. The van der Waals surface area contributed by atoms with Crippen molar-refractivity contribution in [3.63, 3.8) is 0 Å². The lowest BCUT2D eigenvalue weighted by Gasteiger charge is -2.35. The average Bonchev–Trinajstić information content (AvgIpc) is 2.55. The van der Waals surface area contributed by atoms with Crippen LogP contribution in [0.1, 0.15) is 13.8 Å². The second kappa shape index (κ2) is 9.56. The average molecular weight is 349 g/mol. The summed E-state index contributed by atoms with van der Waals surface area (Å²) in [5.41, 5.74) is 0. The highest BCUT2D eigenvalue weighted by Gasteiger charge is 2.23. The summed E-state index contributed by atoms with van der Waals surface area (Å²) in [7, 11) is -1.50. The summed E-state index contributed by atoms with van der Waals surface area (Å²) >= 11 is 0. The van der Waals surface area contributed by atoms with Gasteiger partial charge in [-0.15, -0.1) is 0 Å². The van der Waals surface area contributed by atoms with Gasteiger partial charge in [0.25, 0.3) is 0 Å². The Labute approximate surface area is 138 Å². The molecule has 1 amide bonds. The number of hydrogen-bond donors (Lipinski definition) is 2. The van der Waals surface area contributed by atoms with Gasteiger partial charge < -0.3 is 19.9 Å². The predicted molar refractivity (Wildman–Crippen MR) is 89.0 cm³/mol. The molecule has 0 unspecified atom stereocenters. The molecule has 0 bridgehead atoms. The Kier molecular flexibility index (Phi) is 8.10. The molecule has 1 aliphatic rings. The Morgan fingerprint density at radius 3 is 2.26 bits per heavy atom. The molecule has 0 aromatic carbocycles. The van der Waals surface area contributed by atoms with Crippen molar-refractivity contribution in [2.45, 2.75) is 13.8 Å². The summed E-state index contributed by atoms with van der Waals surface area (Å²) in [5.74, 6) is 0.765. The van der Waals surface area contributed by atoms with Crippen LogP contribution in [0.4, 0.5) is 4.79 Å². The van der Waals surface area contributed by atoms with Gasteiger partial charge >= 0.3 is 6.09 Å². The normalized spacial score (nSPS) is 16.4. The maximum Gasteiger partial charge on any atom is 0.409 e. The quantitative estimate of drug-likeness (QED) is 0.372. The minimum Gasteiger partial charge on any atom is -0.450 e. The zero-order valence-electron chi connectivity index (χ0n) is 14.0. The van der Waals surface area contributed by atoms with E-state index in [1.165, 1.54) is 0 Å². The van der Waals surface area contributed by atoms with Crippen LogP contribution in [0.2, 0.25) is 0 Å². The number of carbonyl (C=O) groups excluding carboxylic acids is 1. The summed E-state index contributed by atoms with van der Waals surface area (Å²) in [6.07, 6.45) is -0.288. The monoisotopic (exact) mass is 349 g/mol. The number of guanidine groups is 1. The third-order valence-corrected chi connectivity index (χ3v) is 4.83. The first-order valence-corrected chi connectivity index (χ1v) is 9.43. The van der Waals surface area contributed by atoms with Crippen LogP contribution in [-0.2, 0) is 14.8 Å². The highest BCUT2D eigenvalue weighted by molar-refractivity contribution is 7.89. The number of aliphatic imine (C=N–C) groups is 1. The SMILES string of the molecule is CCOC(=O)N1CCN(C(=NC)NCCNS(=O)(=O)CC)CC1. The van der Waals surface area contributed by atoms with Crippen LogP contribution in [0, 0.1) is 0 Å². The van der Waals surface area contributed by atoms with Crippen molar-refractivity contribution >= 4 is 22.1 Å². The zero-order chi connectivity index (χ0) is 17.3. The van der Waals surface area contributed by atoms with Gasteiger partial charge in [0, 0.05) is 46.3 Å². The molecule has 2 N–H and O–H groups in total. The molecular formula is C13H27N5O4S. The molecule has 0 radical (unpaired) electrons. The highest BCUT2D eigenvalue weighted by Crippen LogP contribution is 2.04. The van der Waals surface area contributed by atoms with E-state index < -0.39 is 10.0 Å². The molecule has 0 aromatic heterocycles. The number of nitrogens with one attached hydrogen (secondary N) is 2. The summed E-state index contributed by atoms with van der Waals surface area (Å²) in [6.45, 7) is 6.95. The molecule has 9 nitrogen and oxygen atoms in total. The van der Waals surface area contributed by atoms with E-state index in [0.29, 0.717) is 51.8 Å². The molecule has 1 aliphatic heterocycles. The Hall–Kier alpha value is -1.55. The largest absolute Gasteiger partial charge is 0.450 e. The molecule has 0 atom stereocenters. The Morgan fingerprint density at radius 1 is 1.13 bits per heavy atom. The number of rotatable bonds is 6. The molecule has 1 saturated heterocycles. The number of piperazine rings is 1. The topological polar surface area (TPSA) is 103 Å². The Morgan fingerprint density at radius 2 is 1.74 bits per heavy atom. The minimum atomic E-state index is -3.17. The lowest BCUT2D eigenvalue weighted by Crippen LogP contribution is -2.54. The number of carbonyl (C=O) groups is 1. The van der Waals surface area contributed by atoms with Crippen LogP contribution in [-0.4, -0.2) is 88.9 Å². The third kappa shape index (κ3) is 6.61. The molecule has 0 aliphatic carbocycles. The molecule has 10 heteroatoms. The fourth-order valence-corrected chi connectivity index (χ4v) is 2.75. The van der Waals surface area contributed by atoms with Gasteiger partial charge in [-0.05, 0) is 13.8 Å². The van der Waals surface area contributed by atoms with Gasteiger partial charge in [0.15, 0.2) is 5.96 Å². The summed E-state index contributed by atoms with van der Waals surface area (Å²) in [6, 6.07) is 0. The number of amides is 1. The number of nitrogens with zero attached hydrogens (tertiary/aromatic N) is 3. The molecule has 134 valence electrons. The zero-order valence-corrected chi connectivity index (χ0v) is 14.9. The van der Waals surface area contributed by atoms with Crippen LogP contribution in [0.15, 0.2) is 4.99 Å². The van der Waals surface area contributed by atoms with Gasteiger partial charge in [0.2, 0.25) is 10.0 Å². The second-order valence-electron chi connectivity index (χ2n) is 4.94. The van der Waals surface area contributed by atoms with Crippen LogP contribution in [0.5, 0.6) is 0 Å². The van der Waals surface area contributed by atoms with Crippen molar-refractivity contribution in [1.82, 2.24) is 19.8 Å². The number of sulfonamides is 1. The van der Waals surface area contributed by atoms with Crippen molar-refractivity contribution < 1.29 is 17.9 Å². The molecule has 1 heterocycles. The summed E-state index contributed by atoms with van der Waals surface area (Å²) in [5, 5.41) is 3.12.